The Kier molecular flexibility index (Phi) is 3.76. The zero-order valence-electron chi connectivity index (χ0n) is 6.87. The summed E-state index contributed by atoms with van der Waals surface area (Å²) in [6.07, 6.45) is 0. The number of hydrogen-bond acceptors (Lipinski definition) is 3. The molecule has 0 radical (unpaired) electrons. The third kappa shape index (κ3) is 2.64. The average Bonchev–Trinajstić information content (AvgIpc) is 2.56. The van der Waals surface area contributed by atoms with Gasteiger partial charge in [0.1, 0.15) is 0 Å². The lowest BCUT2D eigenvalue weighted by molar-refractivity contribution is 0.0937. The minimum atomic E-state index is -0.0340. The Bertz CT molecular complexity index is 233. The topological polar surface area (TPSA) is 38.3 Å². The molecule has 0 atom stereocenters. The molecular formula is C8H11NO2S. The van der Waals surface area contributed by atoms with Crippen LogP contribution in [0.4, 0.5) is 0 Å². The van der Waals surface area contributed by atoms with Crippen molar-refractivity contribution in [1.29, 1.82) is 0 Å². The van der Waals surface area contributed by atoms with Gasteiger partial charge in [-0.25, -0.2) is 0 Å². The van der Waals surface area contributed by atoms with E-state index in [4.69, 9.17) is 4.74 Å². The van der Waals surface area contributed by atoms with E-state index in [1.165, 1.54) is 11.3 Å². The minimum Gasteiger partial charge on any atom is -0.383 e. The highest BCUT2D eigenvalue weighted by atomic mass is 32.1. The molecule has 12 heavy (non-hydrogen) atoms. The van der Waals surface area contributed by atoms with Crippen LogP contribution in [0.25, 0.3) is 0 Å². The smallest absolute Gasteiger partial charge is 0.252 e. The number of carbonyl (C=O) groups excluding carboxylic acids is 1. The first-order valence-electron chi connectivity index (χ1n) is 3.64. The van der Waals surface area contributed by atoms with Crippen molar-refractivity contribution in [2.45, 2.75) is 0 Å². The highest BCUT2D eigenvalue weighted by Crippen LogP contribution is 2.04. The second-order valence-electron chi connectivity index (χ2n) is 2.26. The zero-order chi connectivity index (χ0) is 8.81. The Balaban J connectivity index is 2.30. The monoisotopic (exact) mass is 185 g/mol. The Labute approximate surface area is 75.4 Å². The van der Waals surface area contributed by atoms with Gasteiger partial charge in [-0.05, 0) is 11.4 Å². The number of hydrogen-bond donors (Lipinski definition) is 1. The van der Waals surface area contributed by atoms with Crippen molar-refractivity contribution in [2.24, 2.45) is 0 Å². The van der Waals surface area contributed by atoms with E-state index in [2.05, 4.69) is 5.32 Å². The molecule has 0 aliphatic heterocycles. The number of rotatable bonds is 4. The summed E-state index contributed by atoms with van der Waals surface area (Å²) in [5, 5.41) is 6.43. The summed E-state index contributed by atoms with van der Waals surface area (Å²) in [7, 11) is 1.61. The molecule has 0 fully saturated rings. The number of amides is 1. The van der Waals surface area contributed by atoms with Crippen LogP contribution in [0.5, 0.6) is 0 Å². The lowest BCUT2D eigenvalue weighted by atomic mass is 10.3. The molecule has 1 heterocycles. The van der Waals surface area contributed by atoms with Gasteiger partial charge in [0.2, 0.25) is 0 Å². The Morgan fingerprint density at radius 1 is 1.75 bits per heavy atom. The van der Waals surface area contributed by atoms with E-state index >= 15 is 0 Å². The van der Waals surface area contributed by atoms with Crippen LogP contribution in [-0.2, 0) is 4.74 Å². The Morgan fingerprint density at radius 3 is 3.17 bits per heavy atom. The van der Waals surface area contributed by atoms with Crippen LogP contribution in [0, 0.1) is 0 Å². The van der Waals surface area contributed by atoms with Gasteiger partial charge in [-0.1, -0.05) is 0 Å². The molecule has 1 rings (SSSR count). The molecule has 1 aromatic heterocycles. The van der Waals surface area contributed by atoms with Crippen LogP contribution < -0.4 is 5.32 Å². The standard InChI is InChI=1S/C8H11NO2S/c1-11-4-3-9-8(10)7-2-5-12-6-7/h2,5-6H,3-4H2,1H3,(H,9,10). The van der Waals surface area contributed by atoms with E-state index in [1.54, 1.807) is 13.2 Å². The predicted molar refractivity (Wildman–Crippen MR) is 48.5 cm³/mol. The summed E-state index contributed by atoms with van der Waals surface area (Å²) in [4.78, 5) is 11.2. The molecule has 0 saturated carbocycles. The summed E-state index contributed by atoms with van der Waals surface area (Å²) in [6, 6.07) is 1.80. The fourth-order valence-corrected chi connectivity index (χ4v) is 1.40. The third-order valence-corrected chi connectivity index (χ3v) is 2.06. The van der Waals surface area contributed by atoms with Crippen molar-refractivity contribution in [3.05, 3.63) is 22.4 Å². The fourth-order valence-electron chi connectivity index (χ4n) is 0.762. The van der Waals surface area contributed by atoms with Crippen molar-refractivity contribution in [1.82, 2.24) is 5.32 Å². The van der Waals surface area contributed by atoms with Gasteiger partial charge in [0.05, 0.1) is 6.61 Å². The molecule has 3 nitrogen and oxygen atoms in total. The van der Waals surface area contributed by atoms with Crippen molar-refractivity contribution >= 4 is 17.2 Å². The van der Waals surface area contributed by atoms with Crippen molar-refractivity contribution < 1.29 is 9.53 Å². The molecule has 0 aromatic carbocycles. The van der Waals surface area contributed by atoms with Gasteiger partial charge in [0, 0.05) is 24.6 Å². The second kappa shape index (κ2) is 4.90. The first-order chi connectivity index (χ1) is 5.84. The molecule has 1 N–H and O–H groups in total. The molecule has 0 aliphatic carbocycles. The quantitative estimate of drug-likeness (QED) is 0.714. The lowest BCUT2D eigenvalue weighted by Gasteiger charge is -2.01. The summed E-state index contributed by atoms with van der Waals surface area (Å²) < 4.78 is 4.80. The number of thiophene rings is 1. The van der Waals surface area contributed by atoms with Gasteiger partial charge in [-0.2, -0.15) is 11.3 Å². The van der Waals surface area contributed by atoms with E-state index in [0.717, 1.165) is 5.56 Å². The molecule has 4 heteroatoms. The Morgan fingerprint density at radius 2 is 2.58 bits per heavy atom. The van der Waals surface area contributed by atoms with Crippen LogP contribution in [0.1, 0.15) is 10.4 Å². The molecule has 1 aromatic rings. The summed E-state index contributed by atoms with van der Waals surface area (Å²) in [6.45, 7) is 1.11. The molecule has 1 amide bonds. The summed E-state index contributed by atoms with van der Waals surface area (Å²) in [5.74, 6) is -0.0340. The van der Waals surface area contributed by atoms with Crippen LogP contribution in [-0.4, -0.2) is 26.2 Å². The molecule has 66 valence electrons. The molecular weight excluding hydrogens is 174 g/mol. The van der Waals surface area contributed by atoms with Crippen LogP contribution in [0.3, 0.4) is 0 Å². The zero-order valence-corrected chi connectivity index (χ0v) is 7.69. The normalized spacial score (nSPS) is 9.75. The maximum absolute atomic E-state index is 11.2. The number of methoxy groups -OCH3 is 1. The van der Waals surface area contributed by atoms with Crippen molar-refractivity contribution in [3.8, 4) is 0 Å². The molecule has 0 unspecified atom stereocenters. The van der Waals surface area contributed by atoms with Gasteiger partial charge in [-0.3, -0.25) is 4.79 Å². The van der Waals surface area contributed by atoms with Gasteiger partial charge >= 0.3 is 0 Å². The number of carbonyl (C=O) groups is 1. The largest absolute Gasteiger partial charge is 0.383 e. The van der Waals surface area contributed by atoms with E-state index < -0.39 is 0 Å². The lowest BCUT2D eigenvalue weighted by Crippen LogP contribution is -2.26. The van der Waals surface area contributed by atoms with Crippen molar-refractivity contribution in [3.63, 3.8) is 0 Å². The molecule has 0 spiro atoms. The van der Waals surface area contributed by atoms with Crippen LogP contribution >= 0.6 is 11.3 Å². The summed E-state index contributed by atoms with van der Waals surface area (Å²) >= 11 is 1.52. The third-order valence-electron chi connectivity index (χ3n) is 1.38. The molecule has 0 saturated heterocycles. The van der Waals surface area contributed by atoms with Gasteiger partial charge in [-0.15, -0.1) is 0 Å². The maximum Gasteiger partial charge on any atom is 0.252 e. The minimum absolute atomic E-state index is 0.0340. The van der Waals surface area contributed by atoms with Gasteiger partial charge in [0.15, 0.2) is 0 Å². The summed E-state index contributed by atoms with van der Waals surface area (Å²) in [5.41, 5.74) is 0.719. The fraction of sp³-hybridized carbons (Fsp3) is 0.375. The SMILES string of the molecule is COCCNC(=O)c1ccsc1. The van der Waals surface area contributed by atoms with Crippen molar-refractivity contribution in [2.75, 3.05) is 20.3 Å². The first-order valence-corrected chi connectivity index (χ1v) is 4.58. The number of ether oxygens (including phenoxy) is 1. The predicted octanol–water partition coefficient (Wildman–Crippen LogP) is 1.12. The number of nitrogens with one attached hydrogen (secondary N) is 1. The van der Waals surface area contributed by atoms with E-state index in [1.807, 2.05) is 10.8 Å². The molecule has 0 aliphatic rings. The second-order valence-corrected chi connectivity index (χ2v) is 3.04. The van der Waals surface area contributed by atoms with Crippen LogP contribution in [0.2, 0.25) is 0 Å². The average molecular weight is 185 g/mol. The van der Waals surface area contributed by atoms with E-state index in [-0.39, 0.29) is 5.91 Å². The van der Waals surface area contributed by atoms with Gasteiger partial charge < -0.3 is 10.1 Å². The van der Waals surface area contributed by atoms with Gasteiger partial charge in [0.25, 0.3) is 5.91 Å². The Hall–Kier alpha value is -0.870. The van der Waals surface area contributed by atoms with Crippen LogP contribution in [0.15, 0.2) is 16.8 Å². The van der Waals surface area contributed by atoms with E-state index in [0.29, 0.717) is 13.2 Å². The van der Waals surface area contributed by atoms with E-state index in [9.17, 15) is 4.79 Å². The highest BCUT2D eigenvalue weighted by molar-refractivity contribution is 7.08. The first kappa shape index (κ1) is 9.22. The highest BCUT2D eigenvalue weighted by Gasteiger charge is 2.02. The molecule has 0 bridgehead atoms. The maximum atomic E-state index is 11.2.